The number of aromatic nitrogens is 3. The highest BCUT2D eigenvalue weighted by molar-refractivity contribution is 5.91. The van der Waals surface area contributed by atoms with Crippen LogP contribution in [0.4, 0.5) is 0 Å². The van der Waals surface area contributed by atoms with Crippen molar-refractivity contribution >= 4 is 12.0 Å². The van der Waals surface area contributed by atoms with Crippen LogP contribution in [0.2, 0.25) is 0 Å². The molecule has 6 heteroatoms. The van der Waals surface area contributed by atoms with E-state index in [9.17, 15) is 4.79 Å². The highest BCUT2D eigenvalue weighted by atomic mass is 16.5. The van der Waals surface area contributed by atoms with Crippen LogP contribution in [-0.4, -0.2) is 27.6 Å². The quantitative estimate of drug-likeness (QED) is 0.441. The van der Waals surface area contributed by atoms with Gasteiger partial charge >= 0.3 is 0 Å². The van der Waals surface area contributed by atoms with Gasteiger partial charge in [0.15, 0.2) is 0 Å². The number of methoxy groups -OCH3 is 1. The Kier molecular flexibility index (Phi) is 6.41. The zero-order valence-electron chi connectivity index (χ0n) is 18.0. The molecule has 32 heavy (non-hydrogen) atoms. The van der Waals surface area contributed by atoms with Crippen LogP contribution in [0.15, 0.2) is 85.3 Å². The summed E-state index contributed by atoms with van der Waals surface area (Å²) in [4.78, 5) is 21.2. The van der Waals surface area contributed by atoms with Gasteiger partial charge in [-0.1, -0.05) is 42.5 Å². The van der Waals surface area contributed by atoms with E-state index in [0.29, 0.717) is 12.3 Å². The van der Waals surface area contributed by atoms with Gasteiger partial charge in [-0.05, 0) is 42.8 Å². The lowest BCUT2D eigenvalue weighted by Gasteiger charge is -2.10. The fraction of sp³-hybridized carbons (Fsp3) is 0.115. The topological polar surface area (TPSA) is 69.0 Å². The molecule has 0 saturated carbocycles. The fourth-order valence-electron chi connectivity index (χ4n) is 3.32. The first kappa shape index (κ1) is 21.1. The molecule has 0 aliphatic carbocycles. The highest BCUT2D eigenvalue weighted by Gasteiger charge is 2.07. The van der Waals surface area contributed by atoms with Crippen LogP contribution in [0.1, 0.15) is 17.0 Å². The van der Waals surface area contributed by atoms with Gasteiger partial charge in [0, 0.05) is 17.8 Å². The number of nitrogens with zero attached hydrogens (tertiary/aromatic N) is 3. The summed E-state index contributed by atoms with van der Waals surface area (Å²) in [5.41, 5.74) is 5.41. The lowest BCUT2D eigenvalue weighted by molar-refractivity contribution is -0.116. The Balaban J connectivity index is 1.40. The Bertz CT molecular complexity index is 1250. The Hall–Kier alpha value is -4.19. The van der Waals surface area contributed by atoms with E-state index >= 15 is 0 Å². The normalized spacial score (nSPS) is 10.9. The van der Waals surface area contributed by atoms with Crippen LogP contribution in [0.3, 0.4) is 0 Å². The van der Waals surface area contributed by atoms with Crippen molar-refractivity contribution in [3.8, 4) is 22.7 Å². The molecule has 2 heterocycles. The predicted octanol–water partition coefficient (Wildman–Crippen LogP) is 4.58. The first-order valence-corrected chi connectivity index (χ1v) is 10.3. The van der Waals surface area contributed by atoms with Crippen LogP contribution in [0, 0.1) is 6.92 Å². The summed E-state index contributed by atoms with van der Waals surface area (Å²) < 4.78 is 7.43. The van der Waals surface area contributed by atoms with Gasteiger partial charge in [0.25, 0.3) is 0 Å². The SMILES string of the molecule is COc1cc(/C=C/C(=O)NCc2cccc(-c3ccccc3)n2)ccc1-n1cnc(C)c1. The average molecular weight is 425 g/mol. The average Bonchev–Trinajstić information content (AvgIpc) is 3.28. The molecule has 6 nitrogen and oxygen atoms in total. The van der Waals surface area contributed by atoms with E-state index in [1.807, 2.05) is 84.4 Å². The van der Waals surface area contributed by atoms with Crippen LogP contribution in [0.25, 0.3) is 23.0 Å². The Morgan fingerprint density at radius 1 is 1.09 bits per heavy atom. The molecule has 0 atom stereocenters. The van der Waals surface area contributed by atoms with E-state index in [1.165, 1.54) is 6.08 Å². The molecule has 4 aromatic rings. The van der Waals surface area contributed by atoms with Crippen LogP contribution < -0.4 is 10.1 Å². The van der Waals surface area contributed by atoms with Crippen molar-refractivity contribution in [3.63, 3.8) is 0 Å². The third kappa shape index (κ3) is 5.10. The van der Waals surface area contributed by atoms with Gasteiger partial charge in [-0.15, -0.1) is 0 Å². The molecule has 0 saturated heterocycles. The zero-order valence-corrected chi connectivity index (χ0v) is 18.0. The number of ether oxygens (including phenoxy) is 1. The van der Waals surface area contributed by atoms with Crippen molar-refractivity contribution in [2.24, 2.45) is 0 Å². The minimum absolute atomic E-state index is 0.190. The molecule has 160 valence electrons. The molecule has 4 rings (SSSR count). The maximum Gasteiger partial charge on any atom is 0.244 e. The molecule has 0 radical (unpaired) electrons. The number of hydrogen-bond donors (Lipinski definition) is 1. The van der Waals surface area contributed by atoms with E-state index < -0.39 is 0 Å². The number of nitrogens with one attached hydrogen (secondary N) is 1. The number of hydrogen-bond acceptors (Lipinski definition) is 4. The molecule has 0 unspecified atom stereocenters. The second-order valence-corrected chi connectivity index (χ2v) is 7.28. The lowest BCUT2D eigenvalue weighted by atomic mass is 10.1. The number of pyridine rings is 1. The smallest absolute Gasteiger partial charge is 0.244 e. The third-order valence-corrected chi connectivity index (χ3v) is 4.94. The number of carbonyl (C=O) groups excluding carboxylic acids is 1. The summed E-state index contributed by atoms with van der Waals surface area (Å²) in [6.07, 6.45) is 6.95. The van der Waals surface area contributed by atoms with Crippen molar-refractivity contribution in [1.82, 2.24) is 19.9 Å². The molecule has 0 aliphatic rings. The van der Waals surface area contributed by atoms with E-state index in [1.54, 1.807) is 19.5 Å². The molecule has 0 fully saturated rings. The number of carbonyl (C=O) groups is 1. The van der Waals surface area contributed by atoms with E-state index in [-0.39, 0.29) is 5.91 Å². The van der Waals surface area contributed by atoms with Crippen molar-refractivity contribution in [2.45, 2.75) is 13.5 Å². The number of aryl methyl sites for hydroxylation is 1. The van der Waals surface area contributed by atoms with Crippen molar-refractivity contribution in [1.29, 1.82) is 0 Å². The summed E-state index contributed by atoms with van der Waals surface area (Å²) in [6, 6.07) is 21.5. The van der Waals surface area contributed by atoms with Crippen molar-refractivity contribution < 1.29 is 9.53 Å². The minimum Gasteiger partial charge on any atom is -0.495 e. The molecule has 1 N–H and O–H groups in total. The van der Waals surface area contributed by atoms with Gasteiger partial charge in [-0.3, -0.25) is 9.78 Å². The molecule has 2 aromatic carbocycles. The second kappa shape index (κ2) is 9.75. The number of benzene rings is 2. The van der Waals surface area contributed by atoms with Gasteiger partial charge in [0.1, 0.15) is 5.75 Å². The Morgan fingerprint density at radius 2 is 1.94 bits per heavy atom. The first-order chi connectivity index (χ1) is 15.6. The van der Waals surface area contributed by atoms with Gasteiger partial charge in [-0.25, -0.2) is 4.98 Å². The maximum absolute atomic E-state index is 12.3. The lowest BCUT2D eigenvalue weighted by Crippen LogP contribution is -2.20. The maximum atomic E-state index is 12.3. The van der Waals surface area contributed by atoms with Crippen LogP contribution >= 0.6 is 0 Å². The van der Waals surface area contributed by atoms with E-state index in [2.05, 4.69) is 15.3 Å². The molecule has 0 bridgehead atoms. The van der Waals surface area contributed by atoms with Crippen LogP contribution in [0.5, 0.6) is 5.75 Å². The zero-order chi connectivity index (χ0) is 22.3. The van der Waals surface area contributed by atoms with Gasteiger partial charge in [0.05, 0.1) is 42.8 Å². The molecular formula is C26H24N4O2. The van der Waals surface area contributed by atoms with Crippen LogP contribution in [-0.2, 0) is 11.3 Å². The standard InChI is InChI=1S/C26H24N4O2/c1-19-17-30(18-28-19)24-13-11-20(15-25(24)32-2)12-14-26(31)27-16-22-9-6-10-23(29-22)21-7-4-3-5-8-21/h3-15,17-18H,16H2,1-2H3,(H,27,31)/b14-12+. The van der Waals surface area contributed by atoms with E-state index in [4.69, 9.17) is 4.74 Å². The third-order valence-electron chi connectivity index (χ3n) is 4.94. The highest BCUT2D eigenvalue weighted by Crippen LogP contribution is 2.25. The molecular weight excluding hydrogens is 400 g/mol. The first-order valence-electron chi connectivity index (χ1n) is 10.3. The second-order valence-electron chi connectivity index (χ2n) is 7.28. The summed E-state index contributed by atoms with van der Waals surface area (Å²) in [5.74, 6) is 0.511. The molecule has 2 aromatic heterocycles. The van der Waals surface area contributed by atoms with Crippen molar-refractivity contribution in [3.05, 3.63) is 102 Å². The minimum atomic E-state index is -0.190. The van der Waals surface area contributed by atoms with E-state index in [0.717, 1.165) is 33.9 Å². The van der Waals surface area contributed by atoms with Crippen molar-refractivity contribution in [2.75, 3.05) is 7.11 Å². The van der Waals surface area contributed by atoms with Gasteiger partial charge < -0.3 is 14.6 Å². The number of rotatable bonds is 7. The molecule has 1 amide bonds. The van der Waals surface area contributed by atoms with Gasteiger partial charge in [0.2, 0.25) is 5.91 Å². The molecule has 0 spiro atoms. The predicted molar refractivity (Wildman–Crippen MR) is 125 cm³/mol. The molecule has 0 aliphatic heterocycles. The number of imidazole rings is 1. The fourth-order valence-corrected chi connectivity index (χ4v) is 3.32. The summed E-state index contributed by atoms with van der Waals surface area (Å²) in [7, 11) is 1.62. The summed E-state index contributed by atoms with van der Waals surface area (Å²) in [6.45, 7) is 2.29. The Morgan fingerprint density at radius 3 is 2.69 bits per heavy atom. The summed E-state index contributed by atoms with van der Waals surface area (Å²) in [5, 5.41) is 2.88. The Labute approximate surface area is 187 Å². The largest absolute Gasteiger partial charge is 0.495 e. The summed E-state index contributed by atoms with van der Waals surface area (Å²) >= 11 is 0. The monoisotopic (exact) mass is 424 g/mol. The van der Waals surface area contributed by atoms with Gasteiger partial charge in [-0.2, -0.15) is 0 Å². The number of amides is 1.